The van der Waals surface area contributed by atoms with Gasteiger partial charge in [-0.05, 0) is 51.4 Å². The van der Waals surface area contributed by atoms with Crippen molar-refractivity contribution in [3.8, 4) is 0 Å². The van der Waals surface area contributed by atoms with Crippen LogP contribution in [0.3, 0.4) is 0 Å². The Morgan fingerprint density at radius 1 is 0.886 bits per heavy atom. The molecule has 0 aromatic rings. The topological polar surface area (TPSA) is 193 Å². The molecular formula is C32H50N4O8. The Bertz CT molecular complexity index is 1070. The van der Waals surface area contributed by atoms with Gasteiger partial charge in [0.1, 0.15) is 23.7 Å². The number of carbonyl (C=O) groups excluding carboxylic acids is 6. The number of hydrogen-bond donors (Lipinski definition) is 4. The number of nitrogens with two attached hydrogens (primary N) is 1. The Hall–Kier alpha value is -3.41. The molecule has 246 valence electrons. The number of imide groups is 1. The van der Waals surface area contributed by atoms with Gasteiger partial charge in [-0.25, -0.2) is 4.79 Å². The molecule has 1 heterocycles. The van der Waals surface area contributed by atoms with Gasteiger partial charge in [0.15, 0.2) is 0 Å². The minimum absolute atomic E-state index is 0.0117. The quantitative estimate of drug-likeness (QED) is 0.110. The number of unbranched alkanes of at least 4 members (excludes halogenated alkanes) is 4. The number of nitrogens with one attached hydrogen (secondary N) is 2. The smallest absolute Gasteiger partial charge is 0.326 e. The third-order valence-electron chi connectivity index (χ3n) is 8.59. The molecule has 2 rings (SSSR count). The first-order valence-corrected chi connectivity index (χ1v) is 16.0. The largest absolute Gasteiger partial charge is 0.480 e. The summed E-state index contributed by atoms with van der Waals surface area (Å²) in [5, 5.41) is 14.7. The Balaban J connectivity index is 1.71. The molecule has 0 aromatic heterocycles. The van der Waals surface area contributed by atoms with Crippen molar-refractivity contribution in [3.63, 3.8) is 0 Å². The van der Waals surface area contributed by atoms with Crippen molar-refractivity contribution in [1.29, 1.82) is 0 Å². The highest BCUT2D eigenvalue weighted by Gasteiger charge is 2.31. The SMILES string of the molecule is CC(C)[C@H](CC(=O)CCCCCN1C(=O)C=CC1=O)C(=O)N[C@@H](C)C(=O)N[C@@H](CCCCCC(=O)[C@H]1CCC[C@H]1N)C(=O)O. The van der Waals surface area contributed by atoms with E-state index < -0.39 is 35.8 Å². The van der Waals surface area contributed by atoms with Crippen LogP contribution in [0.25, 0.3) is 0 Å². The maximum Gasteiger partial charge on any atom is 0.326 e. The third kappa shape index (κ3) is 11.9. The predicted molar refractivity (Wildman–Crippen MR) is 163 cm³/mol. The summed E-state index contributed by atoms with van der Waals surface area (Å²) in [5.74, 6) is -3.73. The van der Waals surface area contributed by atoms with Gasteiger partial charge in [0.25, 0.3) is 11.8 Å². The number of Topliss-reactive ketones (excluding diaryl/α,β-unsaturated/α-hetero) is 2. The van der Waals surface area contributed by atoms with Gasteiger partial charge < -0.3 is 21.5 Å². The monoisotopic (exact) mass is 618 g/mol. The first-order valence-electron chi connectivity index (χ1n) is 16.0. The van der Waals surface area contributed by atoms with Crippen LogP contribution in [0.15, 0.2) is 12.2 Å². The van der Waals surface area contributed by atoms with Crippen molar-refractivity contribution in [2.75, 3.05) is 6.54 Å². The molecule has 5 atom stereocenters. The third-order valence-corrected chi connectivity index (χ3v) is 8.59. The summed E-state index contributed by atoms with van der Waals surface area (Å²) in [5.41, 5.74) is 6.00. The molecule has 0 unspecified atom stereocenters. The lowest BCUT2D eigenvalue weighted by Gasteiger charge is -2.23. The molecule has 1 saturated carbocycles. The highest BCUT2D eigenvalue weighted by Crippen LogP contribution is 2.26. The maximum absolute atomic E-state index is 13.0. The molecule has 0 radical (unpaired) electrons. The molecule has 1 aliphatic heterocycles. The lowest BCUT2D eigenvalue weighted by atomic mass is 9.88. The number of carboxylic acid groups (broad SMARTS) is 1. The van der Waals surface area contributed by atoms with E-state index in [0.717, 1.165) is 24.2 Å². The van der Waals surface area contributed by atoms with E-state index in [9.17, 15) is 38.7 Å². The van der Waals surface area contributed by atoms with Crippen LogP contribution in [0, 0.1) is 17.8 Å². The van der Waals surface area contributed by atoms with Gasteiger partial charge >= 0.3 is 5.97 Å². The number of ketones is 2. The lowest BCUT2D eigenvalue weighted by Crippen LogP contribution is -2.51. The molecule has 12 heteroatoms. The minimum Gasteiger partial charge on any atom is -0.480 e. The summed E-state index contributed by atoms with van der Waals surface area (Å²) in [7, 11) is 0. The summed E-state index contributed by atoms with van der Waals surface area (Å²) in [6.45, 7) is 5.40. The number of carboxylic acids is 1. The Kier molecular flexibility index (Phi) is 15.4. The van der Waals surface area contributed by atoms with Crippen molar-refractivity contribution >= 4 is 41.2 Å². The zero-order valence-corrected chi connectivity index (χ0v) is 26.3. The molecule has 5 N–H and O–H groups in total. The fourth-order valence-corrected chi connectivity index (χ4v) is 5.74. The van der Waals surface area contributed by atoms with E-state index in [1.54, 1.807) is 0 Å². The number of hydrogen-bond acceptors (Lipinski definition) is 8. The minimum atomic E-state index is -1.18. The van der Waals surface area contributed by atoms with E-state index in [1.807, 2.05) is 13.8 Å². The van der Waals surface area contributed by atoms with Crippen LogP contribution in [0.5, 0.6) is 0 Å². The average Bonchev–Trinajstić information content (AvgIpc) is 3.53. The van der Waals surface area contributed by atoms with Gasteiger partial charge in [-0.3, -0.25) is 33.7 Å². The molecule has 12 nitrogen and oxygen atoms in total. The standard InChI is InChI=1S/C32H50N4O8/c1-20(2)24(19-22(37)11-6-5-9-18-36-28(39)16-17-29(36)40)31(42)34-21(3)30(41)35-26(32(43)44)14-7-4-8-15-27(38)23-12-10-13-25(23)33/h16-17,20-21,23-26H,4-15,18-19,33H2,1-3H3,(H,34,42)(H,35,41)(H,43,44)/t21-,23-,24-,25+,26-/m0/s1. The number of carbonyl (C=O) groups is 7. The molecule has 44 heavy (non-hydrogen) atoms. The summed E-state index contributed by atoms with van der Waals surface area (Å²) in [6.07, 6.45) is 9.66. The van der Waals surface area contributed by atoms with Gasteiger partial charge in [0.05, 0.1) is 0 Å². The van der Waals surface area contributed by atoms with Gasteiger partial charge in [-0.15, -0.1) is 0 Å². The lowest BCUT2D eigenvalue weighted by molar-refractivity contribution is -0.142. The van der Waals surface area contributed by atoms with Crippen LogP contribution < -0.4 is 16.4 Å². The highest BCUT2D eigenvalue weighted by atomic mass is 16.4. The second-order valence-electron chi connectivity index (χ2n) is 12.5. The van der Waals surface area contributed by atoms with E-state index in [0.29, 0.717) is 51.5 Å². The predicted octanol–water partition coefficient (Wildman–Crippen LogP) is 2.42. The molecule has 1 fully saturated rings. The molecule has 1 aliphatic carbocycles. The second kappa shape index (κ2) is 18.4. The van der Waals surface area contributed by atoms with Crippen LogP contribution in [-0.4, -0.2) is 75.8 Å². The van der Waals surface area contributed by atoms with Crippen LogP contribution in [0.2, 0.25) is 0 Å². The summed E-state index contributed by atoms with van der Waals surface area (Å²) in [4.78, 5) is 86.8. The van der Waals surface area contributed by atoms with Gasteiger partial charge in [-0.2, -0.15) is 0 Å². The molecule has 0 spiro atoms. The number of amides is 4. The molecule has 4 amide bonds. The van der Waals surface area contributed by atoms with Gasteiger partial charge in [0.2, 0.25) is 11.8 Å². The molecule has 0 bridgehead atoms. The average molecular weight is 619 g/mol. The van der Waals surface area contributed by atoms with Crippen molar-refractivity contribution in [2.45, 2.75) is 122 Å². The highest BCUT2D eigenvalue weighted by molar-refractivity contribution is 6.12. The van der Waals surface area contributed by atoms with Crippen LogP contribution >= 0.6 is 0 Å². The van der Waals surface area contributed by atoms with Crippen LogP contribution in [-0.2, 0) is 33.6 Å². The fraction of sp³-hybridized carbons (Fsp3) is 0.719. The second-order valence-corrected chi connectivity index (χ2v) is 12.5. The summed E-state index contributed by atoms with van der Waals surface area (Å²) >= 11 is 0. The normalized spacial score (nSPS) is 20.1. The maximum atomic E-state index is 13.0. The van der Waals surface area contributed by atoms with Crippen molar-refractivity contribution in [2.24, 2.45) is 23.5 Å². The Morgan fingerprint density at radius 2 is 1.52 bits per heavy atom. The fourth-order valence-electron chi connectivity index (χ4n) is 5.74. The summed E-state index contributed by atoms with van der Waals surface area (Å²) < 4.78 is 0. The Labute approximate surface area is 259 Å². The van der Waals surface area contributed by atoms with E-state index in [1.165, 1.54) is 19.1 Å². The van der Waals surface area contributed by atoms with Crippen LogP contribution in [0.4, 0.5) is 0 Å². The first kappa shape index (κ1) is 36.8. The number of rotatable bonds is 21. The zero-order chi connectivity index (χ0) is 32.8. The van der Waals surface area contributed by atoms with E-state index >= 15 is 0 Å². The van der Waals surface area contributed by atoms with Crippen molar-refractivity contribution in [1.82, 2.24) is 15.5 Å². The number of aliphatic carboxylic acids is 1. The van der Waals surface area contributed by atoms with Crippen LogP contribution in [0.1, 0.15) is 104 Å². The van der Waals surface area contributed by atoms with Gasteiger partial charge in [0, 0.05) is 55.8 Å². The number of nitrogens with zero attached hydrogens (tertiary/aromatic N) is 1. The van der Waals surface area contributed by atoms with Crippen molar-refractivity contribution in [3.05, 3.63) is 12.2 Å². The first-order chi connectivity index (χ1) is 20.8. The van der Waals surface area contributed by atoms with E-state index in [2.05, 4.69) is 10.6 Å². The molecule has 2 aliphatic rings. The van der Waals surface area contributed by atoms with Gasteiger partial charge in [-0.1, -0.05) is 39.5 Å². The Morgan fingerprint density at radius 3 is 2.11 bits per heavy atom. The molecule has 0 aromatic carbocycles. The van der Waals surface area contributed by atoms with Crippen molar-refractivity contribution < 1.29 is 38.7 Å². The van der Waals surface area contributed by atoms with E-state index in [4.69, 9.17) is 5.73 Å². The zero-order valence-electron chi connectivity index (χ0n) is 26.3. The van der Waals surface area contributed by atoms with E-state index in [-0.39, 0.29) is 60.5 Å². The summed E-state index contributed by atoms with van der Waals surface area (Å²) in [6, 6.07) is -2.18. The molecular weight excluding hydrogens is 568 g/mol. The molecule has 0 saturated heterocycles.